The van der Waals surface area contributed by atoms with Gasteiger partial charge < -0.3 is 14.5 Å². The summed E-state index contributed by atoms with van der Waals surface area (Å²) in [7, 11) is 0. The summed E-state index contributed by atoms with van der Waals surface area (Å²) in [4.78, 5) is 24.8. The Morgan fingerprint density at radius 1 is 1.32 bits per heavy atom. The van der Waals surface area contributed by atoms with Crippen LogP contribution in [0.4, 0.5) is 5.69 Å². The minimum absolute atomic E-state index is 0.214. The topological polar surface area (TPSA) is 83.6 Å². The maximum absolute atomic E-state index is 12.3. The predicted molar refractivity (Wildman–Crippen MR) is 65.3 cm³/mol. The van der Waals surface area contributed by atoms with Crippen molar-refractivity contribution in [3.05, 3.63) is 47.3 Å². The van der Waals surface area contributed by atoms with Crippen molar-refractivity contribution in [3.63, 3.8) is 0 Å². The van der Waals surface area contributed by atoms with Gasteiger partial charge in [-0.2, -0.15) is 0 Å². The van der Waals surface area contributed by atoms with Crippen molar-refractivity contribution in [2.45, 2.75) is 6.42 Å². The largest absolute Gasteiger partial charge is 0.477 e. The molecular weight excluding hydrogens is 248 g/mol. The van der Waals surface area contributed by atoms with Gasteiger partial charge in [-0.1, -0.05) is 23.4 Å². The number of hydrogen-bond acceptors (Lipinski definition) is 4. The van der Waals surface area contributed by atoms with E-state index in [9.17, 15) is 9.59 Å². The lowest BCUT2D eigenvalue weighted by Gasteiger charge is -2.15. The second-order valence-electron chi connectivity index (χ2n) is 4.21. The fraction of sp³-hybridized carbons (Fsp3) is 0.154. The van der Waals surface area contributed by atoms with Gasteiger partial charge in [-0.05, 0) is 18.1 Å². The molecule has 6 nitrogen and oxygen atoms in total. The van der Waals surface area contributed by atoms with E-state index < -0.39 is 11.9 Å². The summed E-state index contributed by atoms with van der Waals surface area (Å²) in [5.74, 6) is -1.93. The van der Waals surface area contributed by atoms with Gasteiger partial charge in [0.05, 0.1) is 6.20 Å². The number of carbonyl (C=O) groups excluding carboxylic acids is 1. The van der Waals surface area contributed by atoms with Crippen LogP contribution in [0.5, 0.6) is 0 Å². The summed E-state index contributed by atoms with van der Waals surface area (Å²) in [6, 6.07) is 7.52. The van der Waals surface area contributed by atoms with Crippen LogP contribution in [0.3, 0.4) is 0 Å². The summed E-state index contributed by atoms with van der Waals surface area (Å²) >= 11 is 0. The molecule has 1 amide bonds. The summed E-state index contributed by atoms with van der Waals surface area (Å²) in [5, 5.41) is 12.4. The number of aromatic carboxylic acids is 1. The molecule has 0 fully saturated rings. The van der Waals surface area contributed by atoms with Crippen molar-refractivity contribution in [2.75, 3.05) is 11.4 Å². The molecule has 1 N–H and O–H groups in total. The number of nitrogens with zero attached hydrogens (tertiary/aromatic N) is 2. The highest BCUT2D eigenvalue weighted by Crippen LogP contribution is 2.29. The Bertz CT molecular complexity index is 662. The van der Waals surface area contributed by atoms with Crippen LogP contribution >= 0.6 is 0 Å². The normalized spacial score (nSPS) is 13.4. The molecule has 2 heterocycles. The van der Waals surface area contributed by atoms with Gasteiger partial charge in [-0.3, -0.25) is 4.79 Å². The Labute approximate surface area is 108 Å². The van der Waals surface area contributed by atoms with E-state index in [0.717, 1.165) is 23.9 Å². The third kappa shape index (κ3) is 1.77. The Morgan fingerprint density at radius 3 is 2.89 bits per heavy atom. The minimum atomic E-state index is -1.22. The fourth-order valence-corrected chi connectivity index (χ4v) is 2.22. The number of amides is 1. The number of rotatable bonds is 2. The molecule has 0 saturated carbocycles. The van der Waals surface area contributed by atoms with Gasteiger partial charge in [-0.15, -0.1) is 0 Å². The van der Waals surface area contributed by atoms with Crippen LogP contribution in [-0.2, 0) is 6.42 Å². The standard InChI is InChI=1S/C13H10N2O4/c16-12(11-9(13(17)18)7-14-19-11)15-6-5-8-3-1-2-4-10(8)15/h1-4,7H,5-6H2,(H,17,18). The van der Waals surface area contributed by atoms with Crippen molar-refractivity contribution in [2.24, 2.45) is 0 Å². The highest BCUT2D eigenvalue weighted by atomic mass is 16.5. The molecule has 0 saturated heterocycles. The summed E-state index contributed by atoms with van der Waals surface area (Å²) in [5.41, 5.74) is 1.64. The first kappa shape index (κ1) is 11.5. The average Bonchev–Trinajstić information content (AvgIpc) is 3.05. The van der Waals surface area contributed by atoms with E-state index in [0.29, 0.717) is 6.54 Å². The number of anilines is 1. The quantitative estimate of drug-likeness (QED) is 0.884. The first-order chi connectivity index (χ1) is 9.18. The van der Waals surface area contributed by atoms with Gasteiger partial charge in [0.1, 0.15) is 5.56 Å². The number of benzene rings is 1. The fourth-order valence-electron chi connectivity index (χ4n) is 2.22. The van der Waals surface area contributed by atoms with Crippen LogP contribution in [0.25, 0.3) is 0 Å². The summed E-state index contributed by atoms with van der Waals surface area (Å²) in [6.45, 7) is 0.512. The molecule has 6 heteroatoms. The van der Waals surface area contributed by atoms with Crippen LogP contribution in [0.15, 0.2) is 35.0 Å². The lowest BCUT2D eigenvalue weighted by molar-refractivity contribution is 0.0689. The molecule has 96 valence electrons. The van der Waals surface area contributed by atoms with E-state index in [1.54, 1.807) is 0 Å². The van der Waals surface area contributed by atoms with Gasteiger partial charge in [0, 0.05) is 12.2 Å². The van der Waals surface area contributed by atoms with Crippen molar-refractivity contribution in [1.82, 2.24) is 5.16 Å². The SMILES string of the molecule is O=C(O)c1cnoc1C(=O)N1CCc2ccccc21. The highest BCUT2D eigenvalue weighted by molar-refractivity contribution is 6.10. The Kier molecular flexibility index (Phi) is 2.56. The third-order valence-corrected chi connectivity index (χ3v) is 3.13. The molecule has 0 spiro atoms. The molecule has 0 radical (unpaired) electrons. The van der Waals surface area contributed by atoms with Gasteiger partial charge >= 0.3 is 5.97 Å². The van der Waals surface area contributed by atoms with E-state index in [1.165, 1.54) is 4.90 Å². The number of fused-ring (bicyclic) bond motifs is 1. The van der Waals surface area contributed by atoms with Gasteiger partial charge in [-0.25, -0.2) is 4.79 Å². The zero-order chi connectivity index (χ0) is 13.4. The lowest BCUT2D eigenvalue weighted by atomic mass is 10.2. The number of hydrogen-bond donors (Lipinski definition) is 1. The van der Waals surface area contributed by atoms with E-state index in [4.69, 9.17) is 9.63 Å². The Balaban J connectivity index is 1.98. The molecule has 0 bridgehead atoms. The molecule has 1 aliphatic heterocycles. The molecule has 0 atom stereocenters. The second kappa shape index (κ2) is 4.24. The highest BCUT2D eigenvalue weighted by Gasteiger charge is 2.31. The predicted octanol–water partition coefficient (Wildman–Crippen LogP) is 1.58. The van der Waals surface area contributed by atoms with Crippen LogP contribution in [0.2, 0.25) is 0 Å². The number of carboxylic acids is 1. The molecule has 0 unspecified atom stereocenters. The summed E-state index contributed by atoms with van der Waals surface area (Å²) < 4.78 is 4.79. The molecule has 19 heavy (non-hydrogen) atoms. The first-order valence-corrected chi connectivity index (χ1v) is 5.76. The average molecular weight is 258 g/mol. The first-order valence-electron chi connectivity index (χ1n) is 5.76. The zero-order valence-electron chi connectivity index (χ0n) is 9.87. The van der Waals surface area contributed by atoms with Crippen LogP contribution < -0.4 is 4.90 Å². The molecular formula is C13H10N2O4. The van der Waals surface area contributed by atoms with Gasteiger partial charge in [0.2, 0.25) is 5.76 Å². The monoisotopic (exact) mass is 258 g/mol. The zero-order valence-corrected chi connectivity index (χ0v) is 9.87. The maximum Gasteiger partial charge on any atom is 0.341 e. The Morgan fingerprint density at radius 2 is 2.11 bits per heavy atom. The number of carboxylic acid groups (broad SMARTS) is 1. The van der Waals surface area contributed by atoms with Crippen LogP contribution in [0.1, 0.15) is 26.5 Å². The van der Waals surface area contributed by atoms with E-state index in [1.807, 2.05) is 24.3 Å². The number of para-hydroxylation sites is 1. The molecule has 2 aromatic rings. The van der Waals surface area contributed by atoms with E-state index in [-0.39, 0.29) is 11.3 Å². The van der Waals surface area contributed by atoms with Crippen LogP contribution in [0, 0.1) is 0 Å². The van der Waals surface area contributed by atoms with Crippen molar-refractivity contribution in [1.29, 1.82) is 0 Å². The lowest BCUT2D eigenvalue weighted by Crippen LogP contribution is -2.29. The number of carbonyl (C=O) groups is 2. The van der Waals surface area contributed by atoms with Crippen molar-refractivity contribution in [3.8, 4) is 0 Å². The van der Waals surface area contributed by atoms with Crippen molar-refractivity contribution >= 4 is 17.6 Å². The molecule has 3 rings (SSSR count). The third-order valence-electron chi connectivity index (χ3n) is 3.13. The number of aromatic nitrogens is 1. The van der Waals surface area contributed by atoms with Gasteiger partial charge in [0.25, 0.3) is 5.91 Å². The van der Waals surface area contributed by atoms with Crippen LogP contribution in [-0.4, -0.2) is 28.7 Å². The van der Waals surface area contributed by atoms with E-state index in [2.05, 4.69) is 5.16 Å². The van der Waals surface area contributed by atoms with E-state index >= 15 is 0 Å². The molecule has 1 aromatic heterocycles. The second-order valence-corrected chi connectivity index (χ2v) is 4.21. The molecule has 1 aliphatic rings. The maximum atomic E-state index is 12.3. The molecule has 1 aromatic carbocycles. The summed E-state index contributed by atoms with van der Waals surface area (Å²) in [6.07, 6.45) is 1.79. The van der Waals surface area contributed by atoms with Gasteiger partial charge in [0.15, 0.2) is 0 Å². The van der Waals surface area contributed by atoms with Crippen molar-refractivity contribution < 1.29 is 19.2 Å². The molecule has 0 aliphatic carbocycles. The smallest absolute Gasteiger partial charge is 0.341 e. The Hall–Kier alpha value is -2.63. The minimum Gasteiger partial charge on any atom is -0.477 e.